The Bertz CT molecular complexity index is 235. The Kier molecular flexibility index (Phi) is 3.12. The predicted octanol–water partition coefficient (Wildman–Crippen LogP) is 0.549. The normalized spacial score (nSPS) is 30.8. The van der Waals surface area contributed by atoms with Crippen molar-refractivity contribution in [2.24, 2.45) is 11.7 Å². The first-order chi connectivity index (χ1) is 5.49. The minimum absolute atomic E-state index is 0.242. The molecule has 0 bridgehead atoms. The molecule has 0 aromatic rings. The highest BCUT2D eigenvalue weighted by Gasteiger charge is 2.24. The second kappa shape index (κ2) is 3.75. The van der Waals surface area contributed by atoms with E-state index in [2.05, 4.69) is 0 Å². The number of hydrogen-bond acceptors (Lipinski definition) is 3. The number of sulfone groups is 1. The third-order valence-electron chi connectivity index (χ3n) is 2.58. The second-order valence-electron chi connectivity index (χ2n) is 3.77. The standard InChI is InChI=1S/C8H17NO2S/c1-12(10,11)6-5-7-3-2-4-8(7)9/h7-8H,2-6,9H2,1H3. The van der Waals surface area contributed by atoms with Gasteiger partial charge in [-0.2, -0.15) is 0 Å². The Morgan fingerprint density at radius 3 is 2.50 bits per heavy atom. The summed E-state index contributed by atoms with van der Waals surface area (Å²) in [7, 11) is -2.79. The van der Waals surface area contributed by atoms with Crippen LogP contribution in [0, 0.1) is 5.92 Å². The second-order valence-corrected chi connectivity index (χ2v) is 6.03. The van der Waals surface area contributed by atoms with Crippen LogP contribution in [-0.2, 0) is 9.84 Å². The van der Waals surface area contributed by atoms with Gasteiger partial charge >= 0.3 is 0 Å². The SMILES string of the molecule is CS(=O)(=O)CCC1CCCC1N. The lowest BCUT2D eigenvalue weighted by Gasteiger charge is -2.13. The average molecular weight is 191 g/mol. The number of rotatable bonds is 3. The van der Waals surface area contributed by atoms with E-state index >= 15 is 0 Å². The van der Waals surface area contributed by atoms with Crippen molar-refractivity contribution < 1.29 is 8.42 Å². The Morgan fingerprint density at radius 1 is 1.42 bits per heavy atom. The van der Waals surface area contributed by atoms with Gasteiger partial charge in [-0.15, -0.1) is 0 Å². The first-order valence-corrected chi connectivity index (χ1v) is 6.48. The monoisotopic (exact) mass is 191 g/mol. The van der Waals surface area contributed by atoms with Gasteiger partial charge in [-0.05, 0) is 25.2 Å². The molecular weight excluding hydrogens is 174 g/mol. The Hall–Kier alpha value is -0.0900. The van der Waals surface area contributed by atoms with E-state index in [0.29, 0.717) is 11.7 Å². The van der Waals surface area contributed by atoms with Gasteiger partial charge in [0.2, 0.25) is 0 Å². The van der Waals surface area contributed by atoms with E-state index < -0.39 is 9.84 Å². The summed E-state index contributed by atoms with van der Waals surface area (Å²) in [5, 5.41) is 0. The molecule has 1 fully saturated rings. The van der Waals surface area contributed by atoms with Gasteiger partial charge in [0, 0.05) is 12.3 Å². The van der Waals surface area contributed by atoms with Crippen LogP contribution in [-0.4, -0.2) is 26.5 Å². The van der Waals surface area contributed by atoms with Gasteiger partial charge in [-0.3, -0.25) is 0 Å². The molecule has 3 nitrogen and oxygen atoms in total. The molecule has 0 aromatic heterocycles. The van der Waals surface area contributed by atoms with E-state index in [-0.39, 0.29) is 6.04 Å². The van der Waals surface area contributed by atoms with E-state index in [1.165, 1.54) is 6.26 Å². The van der Waals surface area contributed by atoms with E-state index in [1.807, 2.05) is 0 Å². The molecule has 0 heterocycles. The summed E-state index contributed by atoms with van der Waals surface area (Å²) in [5.41, 5.74) is 5.81. The zero-order valence-electron chi connectivity index (χ0n) is 7.49. The molecule has 2 unspecified atom stereocenters. The molecule has 0 aliphatic heterocycles. The lowest BCUT2D eigenvalue weighted by atomic mass is 10.0. The van der Waals surface area contributed by atoms with Gasteiger partial charge in [-0.1, -0.05) is 6.42 Å². The molecule has 12 heavy (non-hydrogen) atoms. The van der Waals surface area contributed by atoms with Crippen LogP contribution in [0.4, 0.5) is 0 Å². The van der Waals surface area contributed by atoms with Gasteiger partial charge in [0.15, 0.2) is 0 Å². The highest BCUT2D eigenvalue weighted by molar-refractivity contribution is 7.90. The molecule has 0 radical (unpaired) electrons. The highest BCUT2D eigenvalue weighted by Crippen LogP contribution is 2.26. The highest BCUT2D eigenvalue weighted by atomic mass is 32.2. The molecule has 0 saturated heterocycles. The zero-order valence-corrected chi connectivity index (χ0v) is 8.31. The summed E-state index contributed by atoms with van der Waals surface area (Å²) in [6.07, 6.45) is 5.37. The zero-order chi connectivity index (χ0) is 9.19. The summed E-state index contributed by atoms with van der Waals surface area (Å²) in [6, 6.07) is 0.242. The topological polar surface area (TPSA) is 60.2 Å². The summed E-state index contributed by atoms with van der Waals surface area (Å²) < 4.78 is 21.7. The van der Waals surface area contributed by atoms with Crippen molar-refractivity contribution >= 4 is 9.84 Å². The Balaban J connectivity index is 2.32. The summed E-state index contributed by atoms with van der Waals surface area (Å²) in [4.78, 5) is 0. The fraction of sp³-hybridized carbons (Fsp3) is 1.00. The van der Waals surface area contributed by atoms with Crippen LogP contribution in [0.1, 0.15) is 25.7 Å². The molecule has 2 N–H and O–H groups in total. The minimum Gasteiger partial charge on any atom is -0.327 e. The van der Waals surface area contributed by atoms with Gasteiger partial charge in [0.1, 0.15) is 9.84 Å². The van der Waals surface area contributed by atoms with E-state index in [9.17, 15) is 8.42 Å². The van der Waals surface area contributed by atoms with E-state index in [1.54, 1.807) is 0 Å². The van der Waals surface area contributed by atoms with Gasteiger partial charge < -0.3 is 5.73 Å². The van der Waals surface area contributed by atoms with E-state index in [4.69, 9.17) is 5.73 Å². The first-order valence-electron chi connectivity index (χ1n) is 4.42. The maximum Gasteiger partial charge on any atom is 0.147 e. The number of hydrogen-bond donors (Lipinski definition) is 1. The van der Waals surface area contributed by atoms with Crippen molar-refractivity contribution in [2.75, 3.05) is 12.0 Å². The predicted molar refractivity (Wildman–Crippen MR) is 49.6 cm³/mol. The third kappa shape index (κ3) is 3.11. The summed E-state index contributed by atoms with van der Waals surface area (Å²) in [5.74, 6) is 0.741. The van der Waals surface area contributed by atoms with Crippen molar-refractivity contribution in [2.45, 2.75) is 31.7 Å². The van der Waals surface area contributed by atoms with Gasteiger partial charge in [0.25, 0.3) is 0 Å². The molecule has 0 amide bonds. The van der Waals surface area contributed by atoms with Crippen molar-refractivity contribution in [3.63, 3.8) is 0 Å². The quantitative estimate of drug-likeness (QED) is 0.708. The molecule has 1 aliphatic carbocycles. The molecule has 0 spiro atoms. The van der Waals surface area contributed by atoms with Crippen molar-refractivity contribution in [1.29, 1.82) is 0 Å². The Labute approximate surface area is 74.3 Å². The van der Waals surface area contributed by atoms with Crippen LogP contribution in [0.2, 0.25) is 0 Å². The minimum atomic E-state index is -2.79. The third-order valence-corrected chi connectivity index (χ3v) is 3.55. The lowest BCUT2D eigenvalue weighted by Crippen LogP contribution is -2.26. The van der Waals surface area contributed by atoms with Crippen LogP contribution in [0.15, 0.2) is 0 Å². The van der Waals surface area contributed by atoms with Crippen LogP contribution < -0.4 is 5.73 Å². The summed E-state index contributed by atoms with van der Waals surface area (Å²) in [6.45, 7) is 0. The molecule has 2 atom stereocenters. The smallest absolute Gasteiger partial charge is 0.147 e. The molecule has 72 valence electrons. The molecule has 0 aromatic carbocycles. The average Bonchev–Trinajstić information content (AvgIpc) is 2.29. The lowest BCUT2D eigenvalue weighted by molar-refractivity contribution is 0.465. The first kappa shape index (κ1) is 9.99. The molecule has 1 rings (SSSR count). The van der Waals surface area contributed by atoms with E-state index in [0.717, 1.165) is 25.7 Å². The maximum absolute atomic E-state index is 10.9. The van der Waals surface area contributed by atoms with Crippen LogP contribution >= 0.6 is 0 Å². The van der Waals surface area contributed by atoms with Crippen LogP contribution in [0.25, 0.3) is 0 Å². The van der Waals surface area contributed by atoms with Crippen LogP contribution in [0.3, 0.4) is 0 Å². The Morgan fingerprint density at radius 2 is 2.08 bits per heavy atom. The largest absolute Gasteiger partial charge is 0.327 e. The summed E-state index contributed by atoms with van der Waals surface area (Å²) >= 11 is 0. The number of nitrogens with two attached hydrogens (primary N) is 1. The molecule has 4 heteroatoms. The maximum atomic E-state index is 10.9. The van der Waals surface area contributed by atoms with Crippen molar-refractivity contribution in [1.82, 2.24) is 0 Å². The van der Waals surface area contributed by atoms with Gasteiger partial charge in [-0.25, -0.2) is 8.42 Å². The molecular formula is C8H17NO2S. The molecule has 1 aliphatic rings. The van der Waals surface area contributed by atoms with Crippen LogP contribution in [0.5, 0.6) is 0 Å². The van der Waals surface area contributed by atoms with Crippen molar-refractivity contribution in [3.8, 4) is 0 Å². The fourth-order valence-corrected chi connectivity index (χ4v) is 2.52. The van der Waals surface area contributed by atoms with Crippen molar-refractivity contribution in [3.05, 3.63) is 0 Å². The fourth-order valence-electron chi connectivity index (χ4n) is 1.79. The van der Waals surface area contributed by atoms with Gasteiger partial charge in [0.05, 0.1) is 5.75 Å². The molecule has 1 saturated carbocycles.